The van der Waals surface area contributed by atoms with Gasteiger partial charge in [0.05, 0.1) is 20.3 Å². The van der Waals surface area contributed by atoms with E-state index in [1.807, 2.05) is 24.3 Å². The first-order valence-electron chi connectivity index (χ1n) is 8.68. The molecule has 1 unspecified atom stereocenters. The molecule has 0 N–H and O–H groups in total. The van der Waals surface area contributed by atoms with Crippen LogP contribution in [0.15, 0.2) is 54.2 Å². The van der Waals surface area contributed by atoms with Crippen molar-refractivity contribution in [1.29, 1.82) is 0 Å². The van der Waals surface area contributed by atoms with Crippen LogP contribution in [-0.2, 0) is 6.42 Å². The summed E-state index contributed by atoms with van der Waals surface area (Å²) >= 11 is 5.97. The van der Waals surface area contributed by atoms with E-state index in [2.05, 4.69) is 48.3 Å². The molecule has 0 radical (unpaired) electrons. The van der Waals surface area contributed by atoms with Gasteiger partial charge in [-0.15, -0.1) is 0 Å². The van der Waals surface area contributed by atoms with E-state index >= 15 is 0 Å². The third-order valence-corrected chi connectivity index (χ3v) is 5.12. The Bertz CT molecular complexity index is 789. The molecule has 1 heterocycles. The fraction of sp³-hybridized carbons (Fsp3) is 0.333. The minimum absolute atomic E-state index is 0.181. The maximum Gasteiger partial charge on any atom is 0.161 e. The minimum Gasteiger partial charge on any atom is -0.493 e. The van der Waals surface area contributed by atoms with Crippen LogP contribution in [0.1, 0.15) is 24.1 Å². The fourth-order valence-corrected chi connectivity index (χ4v) is 3.52. The average molecular weight is 373 g/mol. The Morgan fingerprint density at radius 1 is 1.00 bits per heavy atom. The van der Waals surface area contributed by atoms with Crippen LogP contribution in [0.4, 0.5) is 0 Å². The van der Waals surface area contributed by atoms with Crippen molar-refractivity contribution in [1.82, 2.24) is 10.0 Å². The number of halogens is 1. The zero-order valence-electron chi connectivity index (χ0n) is 15.7. The van der Waals surface area contributed by atoms with Crippen LogP contribution >= 0.6 is 11.6 Å². The van der Waals surface area contributed by atoms with Gasteiger partial charge in [-0.25, -0.2) is 5.01 Å². The van der Waals surface area contributed by atoms with Gasteiger partial charge >= 0.3 is 0 Å². The maximum absolute atomic E-state index is 5.97. The van der Waals surface area contributed by atoms with Crippen molar-refractivity contribution in [2.24, 2.45) is 0 Å². The van der Waals surface area contributed by atoms with Crippen LogP contribution in [0, 0.1) is 0 Å². The van der Waals surface area contributed by atoms with Crippen molar-refractivity contribution in [2.75, 3.05) is 27.8 Å². The van der Waals surface area contributed by atoms with Crippen molar-refractivity contribution in [3.8, 4) is 11.5 Å². The second-order valence-electron chi connectivity index (χ2n) is 6.44. The molecule has 4 nitrogen and oxygen atoms in total. The Kier molecular flexibility index (Phi) is 5.74. The molecule has 2 aromatic carbocycles. The number of hydrazine groups is 1. The molecule has 0 aromatic heterocycles. The molecule has 1 atom stereocenters. The molecule has 138 valence electrons. The lowest BCUT2D eigenvalue weighted by atomic mass is 10.1. The van der Waals surface area contributed by atoms with E-state index < -0.39 is 0 Å². The summed E-state index contributed by atoms with van der Waals surface area (Å²) in [5, 5.41) is 5.36. The van der Waals surface area contributed by atoms with E-state index in [9.17, 15) is 0 Å². The highest BCUT2D eigenvalue weighted by atomic mass is 35.5. The van der Waals surface area contributed by atoms with Gasteiger partial charge in [0.2, 0.25) is 0 Å². The standard InChI is InChI=1S/C21H25ClN2O2/c1-15-13-19(17-7-10-20(25-3)21(14-17)26-4)23(2)24(15)12-11-16-5-8-18(22)9-6-16/h5-10,13-14,19H,11-12H2,1-4H3. The molecular formula is C21H25ClN2O2. The van der Waals surface area contributed by atoms with Crippen molar-refractivity contribution in [3.63, 3.8) is 0 Å². The average Bonchev–Trinajstić information content (AvgIpc) is 2.94. The second-order valence-corrected chi connectivity index (χ2v) is 6.88. The first-order chi connectivity index (χ1) is 12.5. The number of rotatable bonds is 6. The van der Waals surface area contributed by atoms with E-state index in [1.165, 1.54) is 16.8 Å². The van der Waals surface area contributed by atoms with Crippen LogP contribution in [0.25, 0.3) is 0 Å². The van der Waals surface area contributed by atoms with E-state index in [-0.39, 0.29) is 6.04 Å². The van der Waals surface area contributed by atoms with E-state index in [1.54, 1.807) is 14.2 Å². The summed E-state index contributed by atoms with van der Waals surface area (Å²) in [6.45, 7) is 3.07. The lowest BCUT2D eigenvalue weighted by molar-refractivity contribution is 0.0357. The van der Waals surface area contributed by atoms with E-state index in [0.29, 0.717) is 0 Å². The van der Waals surface area contributed by atoms with Gasteiger partial charge in [0.15, 0.2) is 11.5 Å². The topological polar surface area (TPSA) is 24.9 Å². The predicted octanol–water partition coefficient (Wildman–Crippen LogP) is 4.71. The Morgan fingerprint density at radius 3 is 2.35 bits per heavy atom. The molecule has 0 bridgehead atoms. The van der Waals surface area contributed by atoms with Crippen LogP contribution in [0.5, 0.6) is 11.5 Å². The monoisotopic (exact) mass is 372 g/mol. The second kappa shape index (κ2) is 8.02. The lowest BCUT2D eigenvalue weighted by Crippen LogP contribution is -2.36. The van der Waals surface area contributed by atoms with Crippen molar-refractivity contribution >= 4 is 11.6 Å². The Morgan fingerprint density at radius 2 is 1.69 bits per heavy atom. The zero-order chi connectivity index (χ0) is 18.7. The van der Waals surface area contributed by atoms with Gasteiger partial charge in [-0.3, -0.25) is 0 Å². The smallest absolute Gasteiger partial charge is 0.161 e. The molecule has 0 saturated carbocycles. The summed E-state index contributed by atoms with van der Waals surface area (Å²) in [5.41, 5.74) is 3.71. The number of methoxy groups -OCH3 is 2. The summed E-state index contributed by atoms with van der Waals surface area (Å²) in [4.78, 5) is 0. The number of hydrogen-bond donors (Lipinski definition) is 0. The molecule has 3 rings (SSSR count). The number of benzene rings is 2. The summed E-state index contributed by atoms with van der Waals surface area (Å²) in [6.07, 6.45) is 3.24. The van der Waals surface area contributed by atoms with Gasteiger partial charge in [-0.05, 0) is 54.8 Å². The van der Waals surface area contributed by atoms with Gasteiger partial charge in [0.1, 0.15) is 0 Å². The number of allylic oxidation sites excluding steroid dienone is 1. The Hall–Kier alpha value is -2.17. The SMILES string of the molecule is COc1ccc(C2C=C(C)N(CCc3ccc(Cl)cc3)N2C)cc1OC. The quantitative estimate of drug-likeness (QED) is 0.733. The van der Waals surface area contributed by atoms with Gasteiger partial charge in [0.25, 0.3) is 0 Å². The highest BCUT2D eigenvalue weighted by Crippen LogP contribution is 2.36. The molecule has 0 aliphatic carbocycles. The molecule has 0 spiro atoms. The van der Waals surface area contributed by atoms with Crippen molar-refractivity contribution in [3.05, 3.63) is 70.4 Å². The molecule has 26 heavy (non-hydrogen) atoms. The number of likely N-dealkylation sites (N-methyl/N-ethyl adjacent to an activating group) is 1. The zero-order valence-corrected chi connectivity index (χ0v) is 16.5. The minimum atomic E-state index is 0.181. The van der Waals surface area contributed by atoms with Crippen LogP contribution < -0.4 is 9.47 Å². The van der Waals surface area contributed by atoms with Crippen LogP contribution in [-0.4, -0.2) is 37.8 Å². The van der Waals surface area contributed by atoms with Gasteiger partial charge < -0.3 is 14.5 Å². The molecule has 0 fully saturated rings. The molecule has 1 aliphatic heterocycles. The number of nitrogens with zero attached hydrogens (tertiary/aromatic N) is 2. The Labute approximate surface area is 160 Å². The molecule has 5 heteroatoms. The summed E-state index contributed by atoms with van der Waals surface area (Å²) in [7, 11) is 5.44. The summed E-state index contributed by atoms with van der Waals surface area (Å²) in [6, 6.07) is 14.3. The van der Waals surface area contributed by atoms with Crippen molar-refractivity contribution in [2.45, 2.75) is 19.4 Å². The largest absolute Gasteiger partial charge is 0.493 e. The highest BCUT2D eigenvalue weighted by molar-refractivity contribution is 6.30. The lowest BCUT2D eigenvalue weighted by Gasteiger charge is -2.32. The number of ether oxygens (including phenoxy) is 2. The van der Waals surface area contributed by atoms with Crippen LogP contribution in [0.2, 0.25) is 5.02 Å². The number of hydrogen-bond acceptors (Lipinski definition) is 4. The Balaban J connectivity index is 1.73. The molecule has 2 aromatic rings. The van der Waals surface area contributed by atoms with Gasteiger partial charge in [-0.1, -0.05) is 29.8 Å². The van der Waals surface area contributed by atoms with Gasteiger partial charge in [0, 0.05) is 24.3 Å². The first kappa shape index (κ1) is 18.6. The molecular weight excluding hydrogens is 348 g/mol. The normalized spacial score (nSPS) is 17.3. The van der Waals surface area contributed by atoms with Crippen LogP contribution in [0.3, 0.4) is 0 Å². The predicted molar refractivity (Wildman–Crippen MR) is 106 cm³/mol. The summed E-state index contributed by atoms with van der Waals surface area (Å²) < 4.78 is 10.8. The van der Waals surface area contributed by atoms with Gasteiger partial charge in [-0.2, -0.15) is 0 Å². The van der Waals surface area contributed by atoms with Crippen molar-refractivity contribution < 1.29 is 9.47 Å². The van der Waals surface area contributed by atoms with E-state index in [0.717, 1.165) is 29.5 Å². The molecule has 0 amide bonds. The third-order valence-electron chi connectivity index (χ3n) is 4.86. The highest BCUT2D eigenvalue weighted by Gasteiger charge is 2.28. The molecule has 0 saturated heterocycles. The first-order valence-corrected chi connectivity index (χ1v) is 9.06. The maximum atomic E-state index is 5.97. The summed E-state index contributed by atoms with van der Waals surface area (Å²) in [5.74, 6) is 1.50. The fourth-order valence-electron chi connectivity index (χ4n) is 3.39. The van der Waals surface area contributed by atoms with E-state index in [4.69, 9.17) is 21.1 Å². The molecule has 1 aliphatic rings. The third kappa shape index (κ3) is 3.81.